The molecule has 2 N–H and O–H groups in total. The minimum Gasteiger partial charge on any atom is -0.496 e. The van der Waals surface area contributed by atoms with Gasteiger partial charge in [-0.25, -0.2) is 23.4 Å². The van der Waals surface area contributed by atoms with Crippen LogP contribution in [0.15, 0.2) is 30.6 Å². The Hall–Kier alpha value is -3.73. The highest BCUT2D eigenvalue weighted by Gasteiger charge is 2.58. The number of carbonyl (C=O) groups is 2. The third-order valence-electron chi connectivity index (χ3n) is 8.39. The number of esters is 1. The molecule has 1 aliphatic carbocycles. The molecule has 2 aliphatic rings. The van der Waals surface area contributed by atoms with E-state index in [0.29, 0.717) is 48.4 Å². The number of rotatable bonds is 5. The van der Waals surface area contributed by atoms with Crippen LogP contribution in [0.5, 0.6) is 5.75 Å². The minimum absolute atomic E-state index is 0.0800. The van der Waals surface area contributed by atoms with Crippen LogP contribution in [-0.4, -0.2) is 58.8 Å². The Morgan fingerprint density at radius 1 is 1.19 bits per heavy atom. The van der Waals surface area contributed by atoms with Gasteiger partial charge in [0.25, 0.3) is 0 Å². The molecule has 1 saturated carbocycles. The van der Waals surface area contributed by atoms with Gasteiger partial charge in [0, 0.05) is 60.0 Å². The highest BCUT2D eigenvalue weighted by atomic mass is 19.3. The van der Waals surface area contributed by atoms with Gasteiger partial charge in [0.1, 0.15) is 17.0 Å². The predicted octanol–water partition coefficient (Wildman–Crippen LogP) is 6.26. The number of hydrogen-bond donors (Lipinski definition) is 1. The summed E-state index contributed by atoms with van der Waals surface area (Å²) in [4.78, 5) is 31.6. The third-order valence-corrected chi connectivity index (χ3v) is 8.39. The number of nitrogen functional groups attached to an aromatic ring is 1. The molecule has 226 valence electrons. The number of halogens is 2. The van der Waals surface area contributed by atoms with Crippen molar-refractivity contribution in [1.82, 2.24) is 14.5 Å². The molecule has 3 heterocycles. The Morgan fingerprint density at radius 3 is 2.50 bits per heavy atom. The molecule has 5 rings (SSSR count). The number of aryl methyl sites for hydroxylation is 1. The standard InChI is InChI=1S/C31H38F2N4O5/c1-18-11-25(40-5)21(19-7-9-37(26(18)19)28(39)42-29(2,3)4)15-36-10-8-30(16-31(32,33)17-30)13-24(36)20-14-35-23(12-22(20)34)27(38)41-6/h7,9,11-12,14,24H,8,10,13,15-17H2,1-6H3,(H2,34,35). The summed E-state index contributed by atoms with van der Waals surface area (Å²) in [6, 6.07) is 4.91. The van der Waals surface area contributed by atoms with Gasteiger partial charge in [-0.05, 0) is 76.3 Å². The van der Waals surface area contributed by atoms with Gasteiger partial charge in [-0.3, -0.25) is 9.47 Å². The topological polar surface area (TPSA) is 109 Å². The summed E-state index contributed by atoms with van der Waals surface area (Å²) in [6.45, 7) is 8.32. The van der Waals surface area contributed by atoms with Crippen molar-refractivity contribution in [2.75, 3.05) is 26.5 Å². The van der Waals surface area contributed by atoms with Gasteiger partial charge in [-0.2, -0.15) is 0 Å². The SMILES string of the molecule is COC(=O)c1cc(N)c(C2CC3(CCN2Cc2c(OC)cc(C)c4c2ccn4C(=O)OC(C)(C)C)CC(F)(F)C3)cn1. The van der Waals surface area contributed by atoms with Crippen LogP contribution >= 0.6 is 0 Å². The van der Waals surface area contributed by atoms with Crippen molar-refractivity contribution in [3.05, 3.63) is 53.0 Å². The molecule has 1 unspecified atom stereocenters. The molecule has 3 aromatic rings. The van der Waals surface area contributed by atoms with Crippen molar-refractivity contribution in [2.24, 2.45) is 5.41 Å². The van der Waals surface area contributed by atoms with Gasteiger partial charge in [0.15, 0.2) is 0 Å². The van der Waals surface area contributed by atoms with Crippen molar-refractivity contribution in [1.29, 1.82) is 0 Å². The van der Waals surface area contributed by atoms with Crippen molar-refractivity contribution in [3.63, 3.8) is 0 Å². The average Bonchev–Trinajstić information content (AvgIpc) is 3.35. The van der Waals surface area contributed by atoms with E-state index in [1.165, 1.54) is 17.7 Å². The van der Waals surface area contributed by atoms with Gasteiger partial charge in [0.05, 0.1) is 19.7 Å². The summed E-state index contributed by atoms with van der Waals surface area (Å²) < 4.78 is 46.0. The highest BCUT2D eigenvalue weighted by molar-refractivity contribution is 5.95. The van der Waals surface area contributed by atoms with Gasteiger partial charge in [-0.15, -0.1) is 0 Å². The zero-order chi connectivity index (χ0) is 30.6. The Balaban J connectivity index is 1.55. The van der Waals surface area contributed by atoms with E-state index in [-0.39, 0.29) is 24.6 Å². The van der Waals surface area contributed by atoms with Crippen LogP contribution in [0.25, 0.3) is 10.9 Å². The molecule has 2 fully saturated rings. The predicted molar refractivity (Wildman–Crippen MR) is 154 cm³/mol. The fraction of sp³-hybridized carbons (Fsp3) is 0.516. The van der Waals surface area contributed by atoms with Crippen LogP contribution in [0, 0.1) is 12.3 Å². The van der Waals surface area contributed by atoms with E-state index >= 15 is 0 Å². The lowest BCUT2D eigenvalue weighted by atomic mass is 9.59. The first-order valence-corrected chi connectivity index (χ1v) is 14.0. The lowest BCUT2D eigenvalue weighted by Gasteiger charge is -2.54. The second-order valence-electron chi connectivity index (χ2n) is 12.6. The molecule has 1 atom stereocenters. The number of alkyl halides is 2. The number of pyridine rings is 1. The summed E-state index contributed by atoms with van der Waals surface area (Å²) in [5, 5.41) is 0.832. The number of anilines is 1. The molecule has 0 amide bonds. The largest absolute Gasteiger partial charge is 0.496 e. The smallest absolute Gasteiger partial charge is 0.419 e. The molecule has 42 heavy (non-hydrogen) atoms. The Kier molecular flexibility index (Phi) is 7.45. The van der Waals surface area contributed by atoms with Crippen molar-refractivity contribution in [3.8, 4) is 5.75 Å². The number of nitrogens with zero attached hydrogens (tertiary/aromatic N) is 3. The van der Waals surface area contributed by atoms with Crippen molar-refractivity contribution in [2.45, 2.75) is 77.5 Å². The number of hydrogen-bond acceptors (Lipinski definition) is 8. The summed E-state index contributed by atoms with van der Waals surface area (Å²) >= 11 is 0. The van der Waals surface area contributed by atoms with E-state index in [4.69, 9.17) is 19.9 Å². The fourth-order valence-electron chi connectivity index (χ4n) is 6.59. The third kappa shape index (κ3) is 5.54. The number of ether oxygens (including phenoxy) is 3. The number of benzene rings is 1. The summed E-state index contributed by atoms with van der Waals surface area (Å²) in [6.07, 6.45) is 3.54. The van der Waals surface area contributed by atoms with E-state index < -0.39 is 29.0 Å². The van der Waals surface area contributed by atoms with Crippen LogP contribution in [0.2, 0.25) is 0 Å². The van der Waals surface area contributed by atoms with E-state index in [1.807, 2.05) is 39.8 Å². The second kappa shape index (κ2) is 10.5. The maximum absolute atomic E-state index is 14.1. The van der Waals surface area contributed by atoms with Gasteiger partial charge in [-0.1, -0.05) is 0 Å². The summed E-state index contributed by atoms with van der Waals surface area (Å²) in [5.41, 5.74) is 8.82. The van der Waals surface area contributed by atoms with Crippen molar-refractivity contribution >= 4 is 28.7 Å². The molecule has 1 spiro atoms. The molecule has 1 saturated heterocycles. The second-order valence-corrected chi connectivity index (χ2v) is 12.6. The molecule has 9 nitrogen and oxygen atoms in total. The Morgan fingerprint density at radius 2 is 1.90 bits per heavy atom. The number of likely N-dealkylation sites (tertiary alicyclic amines) is 1. The Bertz CT molecular complexity index is 1540. The first-order valence-electron chi connectivity index (χ1n) is 14.0. The molecule has 0 bridgehead atoms. The van der Waals surface area contributed by atoms with Gasteiger partial charge < -0.3 is 19.9 Å². The number of carbonyl (C=O) groups excluding carboxylic acids is 2. The molecule has 2 aromatic heterocycles. The van der Waals surface area contributed by atoms with Crippen LogP contribution in [0.4, 0.5) is 19.3 Å². The zero-order valence-corrected chi connectivity index (χ0v) is 24.9. The molecule has 1 aromatic carbocycles. The molecular formula is C31H38F2N4O5. The van der Waals surface area contributed by atoms with Gasteiger partial charge >= 0.3 is 12.1 Å². The normalized spacial score (nSPS) is 19.9. The first-order chi connectivity index (χ1) is 19.7. The van der Waals surface area contributed by atoms with E-state index in [1.54, 1.807) is 19.5 Å². The minimum atomic E-state index is -2.66. The molecular weight excluding hydrogens is 546 g/mol. The average molecular weight is 585 g/mol. The summed E-state index contributed by atoms with van der Waals surface area (Å²) in [7, 11) is 2.87. The zero-order valence-electron chi connectivity index (χ0n) is 24.9. The molecule has 1 aliphatic heterocycles. The Labute approximate surface area is 243 Å². The van der Waals surface area contributed by atoms with Crippen LogP contribution in [0.3, 0.4) is 0 Å². The van der Waals surface area contributed by atoms with Crippen LogP contribution in [-0.2, 0) is 16.0 Å². The summed E-state index contributed by atoms with van der Waals surface area (Å²) in [5.74, 6) is -2.62. The maximum Gasteiger partial charge on any atom is 0.419 e. The molecule has 11 heteroatoms. The lowest BCUT2D eigenvalue weighted by molar-refractivity contribution is -0.186. The van der Waals surface area contributed by atoms with E-state index in [2.05, 4.69) is 9.88 Å². The number of piperidine rings is 1. The monoisotopic (exact) mass is 584 g/mol. The van der Waals surface area contributed by atoms with E-state index in [0.717, 1.165) is 16.5 Å². The quantitative estimate of drug-likeness (QED) is 0.350. The first kappa shape index (κ1) is 29.8. The highest BCUT2D eigenvalue weighted by Crippen LogP contribution is 2.61. The number of nitrogens with two attached hydrogens (primary N) is 1. The maximum atomic E-state index is 14.1. The van der Waals surface area contributed by atoms with Crippen LogP contribution < -0.4 is 10.5 Å². The van der Waals surface area contributed by atoms with E-state index in [9.17, 15) is 18.4 Å². The number of aromatic nitrogens is 2. The number of fused-ring (bicyclic) bond motifs is 1. The number of methoxy groups -OCH3 is 2. The van der Waals surface area contributed by atoms with Crippen molar-refractivity contribution < 1.29 is 32.6 Å². The lowest BCUT2D eigenvalue weighted by Crippen LogP contribution is -2.53. The molecule has 0 radical (unpaired) electrons. The van der Waals surface area contributed by atoms with Crippen LogP contribution in [0.1, 0.15) is 79.7 Å². The van der Waals surface area contributed by atoms with Gasteiger partial charge in [0.2, 0.25) is 5.92 Å². The fourth-order valence-corrected chi connectivity index (χ4v) is 6.59.